The van der Waals surface area contributed by atoms with E-state index in [1.165, 1.54) is 6.07 Å². The summed E-state index contributed by atoms with van der Waals surface area (Å²) in [4.78, 5) is 0. The van der Waals surface area contributed by atoms with Crippen molar-refractivity contribution in [2.24, 2.45) is 0 Å². The van der Waals surface area contributed by atoms with Gasteiger partial charge in [-0.1, -0.05) is 43.3 Å². The van der Waals surface area contributed by atoms with Crippen LogP contribution < -0.4 is 4.74 Å². The van der Waals surface area contributed by atoms with Crippen LogP contribution in [0.5, 0.6) is 5.75 Å². The fraction of sp³-hybridized carbons (Fsp3) is 0.179. The summed E-state index contributed by atoms with van der Waals surface area (Å²) in [6, 6.07) is 20.7. The second kappa shape index (κ2) is 9.79. The first-order valence-corrected chi connectivity index (χ1v) is 10.8. The number of nitriles is 1. The van der Waals surface area contributed by atoms with Crippen molar-refractivity contribution in [2.75, 3.05) is 6.61 Å². The Morgan fingerprint density at radius 2 is 1.52 bits per heavy atom. The monoisotopic (exact) mass is 445 g/mol. The Balaban J connectivity index is 1.54. The number of benzene rings is 4. The summed E-state index contributed by atoms with van der Waals surface area (Å²) in [5, 5.41) is 10.1. The molecule has 0 aliphatic carbocycles. The molecule has 0 fully saturated rings. The lowest BCUT2D eigenvalue weighted by Crippen LogP contribution is -1.99. The van der Waals surface area contributed by atoms with E-state index in [0.717, 1.165) is 40.8 Å². The van der Waals surface area contributed by atoms with Gasteiger partial charge in [0.05, 0.1) is 6.61 Å². The van der Waals surface area contributed by atoms with Gasteiger partial charge >= 0.3 is 0 Å². The van der Waals surface area contributed by atoms with Crippen molar-refractivity contribution in [3.8, 4) is 22.9 Å². The molecule has 4 rings (SSSR count). The molecule has 0 bridgehead atoms. The summed E-state index contributed by atoms with van der Waals surface area (Å²) in [7, 11) is 0. The molecule has 0 N–H and O–H groups in total. The fourth-order valence-electron chi connectivity index (χ4n) is 3.83. The van der Waals surface area contributed by atoms with E-state index in [0.29, 0.717) is 23.1 Å². The predicted molar refractivity (Wildman–Crippen MR) is 124 cm³/mol. The minimum Gasteiger partial charge on any atom is -0.494 e. The maximum Gasteiger partial charge on any atom is 0.144 e. The average molecular weight is 445 g/mol. The van der Waals surface area contributed by atoms with Crippen LogP contribution in [0.4, 0.5) is 13.2 Å². The van der Waals surface area contributed by atoms with E-state index in [2.05, 4.69) is 6.92 Å². The number of nitrogens with zero attached hydrogens (tertiary/aromatic N) is 1. The van der Waals surface area contributed by atoms with Gasteiger partial charge in [0.2, 0.25) is 0 Å². The Labute approximate surface area is 190 Å². The Morgan fingerprint density at radius 1 is 0.818 bits per heavy atom. The van der Waals surface area contributed by atoms with Gasteiger partial charge in [-0.3, -0.25) is 0 Å². The smallest absolute Gasteiger partial charge is 0.144 e. The molecule has 33 heavy (non-hydrogen) atoms. The average Bonchev–Trinajstić information content (AvgIpc) is 2.82. The molecular weight excluding hydrogens is 423 g/mol. The van der Waals surface area contributed by atoms with E-state index in [9.17, 15) is 8.78 Å². The van der Waals surface area contributed by atoms with Crippen molar-refractivity contribution in [1.82, 2.24) is 0 Å². The molecule has 0 aliphatic heterocycles. The second-order valence-corrected chi connectivity index (χ2v) is 7.89. The molecule has 0 aromatic heterocycles. The van der Waals surface area contributed by atoms with Crippen LogP contribution in [0.15, 0.2) is 66.7 Å². The molecule has 0 radical (unpaired) electrons. The van der Waals surface area contributed by atoms with Crippen LogP contribution in [0.1, 0.15) is 30.0 Å². The molecule has 5 heteroatoms. The zero-order chi connectivity index (χ0) is 23.4. The normalized spacial score (nSPS) is 10.9. The van der Waals surface area contributed by atoms with E-state index in [1.807, 2.05) is 42.5 Å². The standard InChI is InChI=1S/C28H22F3NO/c1-2-13-33-23-10-7-19(8-11-23)21-9-12-24-22(16-21)6-5-20(28(24)31)4-3-18-14-26(29)25(17-32)27(30)15-18/h5-12,14-16H,2-4,13H2,1H3. The summed E-state index contributed by atoms with van der Waals surface area (Å²) < 4.78 is 48.4. The molecular formula is C28H22F3NO. The van der Waals surface area contributed by atoms with Crippen molar-refractivity contribution in [2.45, 2.75) is 26.2 Å². The molecule has 0 atom stereocenters. The van der Waals surface area contributed by atoms with E-state index in [1.54, 1.807) is 12.1 Å². The highest BCUT2D eigenvalue weighted by molar-refractivity contribution is 5.88. The van der Waals surface area contributed by atoms with Gasteiger partial charge in [-0.2, -0.15) is 5.26 Å². The number of halogens is 3. The summed E-state index contributed by atoms with van der Waals surface area (Å²) in [6.07, 6.45) is 1.49. The number of ether oxygens (including phenoxy) is 1. The van der Waals surface area contributed by atoms with Crippen LogP contribution in [0.3, 0.4) is 0 Å². The molecule has 2 nitrogen and oxygen atoms in total. The van der Waals surface area contributed by atoms with Crippen molar-refractivity contribution in [3.05, 3.63) is 101 Å². The van der Waals surface area contributed by atoms with Crippen LogP contribution in [0.2, 0.25) is 0 Å². The zero-order valence-corrected chi connectivity index (χ0v) is 18.2. The van der Waals surface area contributed by atoms with Crippen molar-refractivity contribution in [1.29, 1.82) is 5.26 Å². The Hall–Kier alpha value is -3.78. The van der Waals surface area contributed by atoms with Crippen LogP contribution in [0, 0.1) is 28.8 Å². The summed E-state index contributed by atoms with van der Waals surface area (Å²) in [5.41, 5.74) is 2.23. The molecule has 4 aromatic carbocycles. The van der Waals surface area contributed by atoms with E-state index in [4.69, 9.17) is 10.00 Å². The first-order valence-electron chi connectivity index (χ1n) is 10.8. The number of hydrogen-bond acceptors (Lipinski definition) is 2. The maximum atomic E-state index is 15.1. The third-order valence-electron chi connectivity index (χ3n) is 5.59. The molecule has 0 saturated carbocycles. The summed E-state index contributed by atoms with van der Waals surface area (Å²) in [5.74, 6) is -1.32. The van der Waals surface area contributed by atoms with Gasteiger partial charge in [0.15, 0.2) is 0 Å². The fourth-order valence-corrected chi connectivity index (χ4v) is 3.83. The van der Waals surface area contributed by atoms with Crippen LogP contribution in [-0.2, 0) is 12.8 Å². The highest BCUT2D eigenvalue weighted by Crippen LogP contribution is 2.29. The van der Waals surface area contributed by atoms with Crippen molar-refractivity contribution < 1.29 is 17.9 Å². The maximum absolute atomic E-state index is 15.1. The van der Waals surface area contributed by atoms with Crippen molar-refractivity contribution in [3.63, 3.8) is 0 Å². The summed E-state index contributed by atoms with van der Waals surface area (Å²) in [6.45, 7) is 2.73. The van der Waals surface area contributed by atoms with Gasteiger partial charge in [-0.05, 0) is 77.2 Å². The topological polar surface area (TPSA) is 33.0 Å². The molecule has 4 aromatic rings. The first kappa shape index (κ1) is 22.4. The lowest BCUT2D eigenvalue weighted by Gasteiger charge is -2.10. The van der Waals surface area contributed by atoms with E-state index >= 15 is 4.39 Å². The summed E-state index contributed by atoms with van der Waals surface area (Å²) >= 11 is 0. The molecule has 0 heterocycles. The van der Waals surface area contributed by atoms with E-state index in [-0.39, 0.29) is 18.7 Å². The second-order valence-electron chi connectivity index (χ2n) is 7.89. The van der Waals surface area contributed by atoms with Gasteiger partial charge in [0, 0.05) is 5.39 Å². The molecule has 166 valence electrons. The van der Waals surface area contributed by atoms with Crippen LogP contribution >= 0.6 is 0 Å². The SMILES string of the molecule is CCCOc1ccc(-c2ccc3c(F)c(CCc4cc(F)c(C#N)c(F)c4)ccc3c2)cc1. The number of rotatable bonds is 7. The zero-order valence-electron chi connectivity index (χ0n) is 18.2. The van der Waals surface area contributed by atoms with Crippen LogP contribution in [-0.4, -0.2) is 6.61 Å². The number of hydrogen-bond donors (Lipinski definition) is 0. The Bertz CT molecular complexity index is 1320. The van der Waals surface area contributed by atoms with Gasteiger partial charge in [-0.15, -0.1) is 0 Å². The van der Waals surface area contributed by atoms with Gasteiger partial charge in [0.1, 0.15) is 34.8 Å². The highest BCUT2D eigenvalue weighted by Gasteiger charge is 2.13. The lowest BCUT2D eigenvalue weighted by atomic mass is 9.97. The molecule has 0 saturated heterocycles. The molecule has 0 amide bonds. The Kier molecular flexibility index (Phi) is 6.65. The van der Waals surface area contributed by atoms with Gasteiger partial charge in [-0.25, -0.2) is 13.2 Å². The van der Waals surface area contributed by atoms with Gasteiger partial charge < -0.3 is 4.74 Å². The predicted octanol–water partition coefficient (Wildman–Crippen LogP) is 7.37. The third kappa shape index (κ3) is 4.85. The molecule has 0 spiro atoms. The Morgan fingerprint density at radius 3 is 2.18 bits per heavy atom. The minimum absolute atomic E-state index is 0.256. The third-order valence-corrected chi connectivity index (χ3v) is 5.59. The minimum atomic E-state index is -0.899. The molecule has 0 aliphatic rings. The number of aryl methyl sites for hydroxylation is 2. The highest BCUT2D eigenvalue weighted by atomic mass is 19.1. The lowest BCUT2D eigenvalue weighted by molar-refractivity contribution is 0.317. The quantitative estimate of drug-likeness (QED) is 0.298. The molecule has 0 unspecified atom stereocenters. The van der Waals surface area contributed by atoms with Gasteiger partial charge in [0.25, 0.3) is 0 Å². The van der Waals surface area contributed by atoms with E-state index < -0.39 is 17.2 Å². The van der Waals surface area contributed by atoms with Crippen LogP contribution in [0.25, 0.3) is 21.9 Å². The largest absolute Gasteiger partial charge is 0.494 e. The van der Waals surface area contributed by atoms with Crippen molar-refractivity contribution >= 4 is 10.8 Å². The number of fused-ring (bicyclic) bond motifs is 1. The first-order chi connectivity index (χ1) is 16.0.